The molecule has 1 unspecified atom stereocenters. The zero-order chi connectivity index (χ0) is 8.97. The highest BCUT2D eigenvalue weighted by Gasteiger charge is 2.16. The van der Waals surface area contributed by atoms with Gasteiger partial charge in [-0.05, 0) is 24.0 Å². The average Bonchev–Trinajstić information content (AvgIpc) is 2.53. The van der Waals surface area contributed by atoms with Crippen molar-refractivity contribution in [2.24, 2.45) is 5.73 Å². The van der Waals surface area contributed by atoms with E-state index in [1.54, 1.807) is 0 Å². The van der Waals surface area contributed by atoms with E-state index in [1.165, 1.54) is 11.1 Å². The van der Waals surface area contributed by atoms with E-state index in [0.717, 1.165) is 20.0 Å². The van der Waals surface area contributed by atoms with E-state index in [1.807, 2.05) is 0 Å². The molecule has 2 nitrogen and oxygen atoms in total. The van der Waals surface area contributed by atoms with Crippen LogP contribution in [0.5, 0.6) is 0 Å². The summed E-state index contributed by atoms with van der Waals surface area (Å²) in [5.41, 5.74) is 8.64. The van der Waals surface area contributed by atoms with Gasteiger partial charge in [-0.3, -0.25) is 0 Å². The molecule has 2 heteroatoms. The van der Waals surface area contributed by atoms with E-state index in [2.05, 4.69) is 24.3 Å². The summed E-state index contributed by atoms with van der Waals surface area (Å²) in [4.78, 5) is 0. The lowest BCUT2D eigenvalue weighted by Gasteiger charge is -2.01. The first kappa shape index (κ1) is 9.23. The number of hydrogen-bond donors (Lipinski definition) is 2. The summed E-state index contributed by atoms with van der Waals surface area (Å²) < 4.78 is 0. The second-order valence-corrected chi connectivity index (χ2v) is 2.84. The van der Waals surface area contributed by atoms with Gasteiger partial charge in [0.2, 0.25) is 0 Å². The molecule has 1 atom stereocenters. The van der Waals surface area contributed by atoms with Gasteiger partial charge in [0, 0.05) is 13.2 Å². The number of fused-ring (bicyclic) bond motifs is 1. The third-order valence-corrected chi connectivity index (χ3v) is 2.18. The van der Waals surface area contributed by atoms with Crippen LogP contribution in [0.25, 0.3) is 0 Å². The zero-order valence-corrected chi connectivity index (χ0v) is 7.33. The van der Waals surface area contributed by atoms with Gasteiger partial charge in [0.1, 0.15) is 0 Å². The number of aryl methyl sites for hydroxylation is 1. The molecule has 3 N–H and O–H groups in total. The fourth-order valence-corrected chi connectivity index (χ4v) is 1.59. The van der Waals surface area contributed by atoms with E-state index in [9.17, 15) is 0 Å². The highest BCUT2D eigenvalue weighted by Crippen LogP contribution is 2.28. The molecule has 0 bridgehead atoms. The third kappa shape index (κ3) is 1.65. The van der Waals surface area contributed by atoms with Crippen LogP contribution in [0.15, 0.2) is 24.3 Å². The van der Waals surface area contributed by atoms with Crippen LogP contribution in [-0.2, 0) is 6.42 Å². The minimum absolute atomic E-state index is 0.302. The van der Waals surface area contributed by atoms with Crippen molar-refractivity contribution in [1.29, 1.82) is 0 Å². The van der Waals surface area contributed by atoms with Gasteiger partial charge in [-0.1, -0.05) is 24.3 Å². The maximum absolute atomic E-state index is 7.00. The molecule has 1 aliphatic rings. The molecular formula is C10H15NO. The lowest BCUT2D eigenvalue weighted by atomic mass is 10.1. The summed E-state index contributed by atoms with van der Waals surface area (Å²) in [5.74, 6) is 0. The summed E-state index contributed by atoms with van der Waals surface area (Å²) in [6, 6.07) is 8.74. The topological polar surface area (TPSA) is 46.2 Å². The van der Waals surface area contributed by atoms with Crippen molar-refractivity contribution in [3.05, 3.63) is 35.4 Å². The number of nitrogens with two attached hydrogens (primary N) is 1. The van der Waals surface area contributed by atoms with Gasteiger partial charge in [0.15, 0.2) is 0 Å². The molecule has 0 aliphatic heterocycles. The summed E-state index contributed by atoms with van der Waals surface area (Å²) in [7, 11) is 1.00. The van der Waals surface area contributed by atoms with Crippen LogP contribution in [0.4, 0.5) is 0 Å². The summed E-state index contributed by atoms with van der Waals surface area (Å²) >= 11 is 0. The first-order valence-electron chi connectivity index (χ1n) is 4.16. The Kier molecular flexibility index (Phi) is 3.26. The molecular weight excluding hydrogens is 150 g/mol. The SMILES string of the molecule is CO.NC1CCc2ccccc21. The van der Waals surface area contributed by atoms with Crippen LogP contribution in [0.3, 0.4) is 0 Å². The van der Waals surface area contributed by atoms with Gasteiger partial charge in [0.25, 0.3) is 0 Å². The summed E-state index contributed by atoms with van der Waals surface area (Å²) in [5, 5.41) is 7.00. The number of aliphatic hydroxyl groups is 1. The van der Waals surface area contributed by atoms with Gasteiger partial charge in [0.05, 0.1) is 0 Å². The molecule has 0 aromatic heterocycles. The number of hydrogen-bond acceptors (Lipinski definition) is 2. The predicted molar refractivity (Wildman–Crippen MR) is 49.8 cm³/mol. The standard InChI is InChI=1S/C9H11N.CH4O/c10-9-6-5-7-3-1-2-4-8(7)9;1-2/h1-4,9H,5-6,10H2;2H,1H3. The minimum Gasteiger partial charge on any atom is -0.400 e. The highest BCUT2D eigenvalue weighted by molar-refractivity contribution is 5.33. The lowest BCUT2D eigenvalue weighted by Crippen LogP contribution is -2.04. The number of rotatable bonds is 0. The molecule has 0 heterocycles. The Labute approximate surface area is 73.0 Å². The number of aliphatic hydroxyl groups excluding tert-OH is 1. The maximum atomic E-state index is 7.00. The lowest BCUT2D eigenvalue weighted by molar-refractivity contribution is 0.399. The van der Waals surface area contributed by atoms with E-state index in [-0.39, 0.29) is 0 Å². The Hall–Kier alpha value is -0.860. The van der Waals surface area contributed by atoms with Gasteiger partial charge >= 0.3 is 0 Å². The Morgan fingerprint density at radius 1 is 1.33 bits per heavy atom. The minimum atomic E-state index is 0.302. The van der Waals surface area contributed by atoms with E-state index in [0.29, 0.717) is 6.04 Å². The molecule has 1 aliphatic carbocycles. The molecule has 12 heavy (non-hydrogen) atoms. The van der Waals surface area contributed by atoms with Gasteiger partial charge < -0.3 is 10.8 Å². The van der Waals surface area contributed by atoms with Crippen LogP contribution < -0.4 is 5.73 Å². The van der Waals surface area contributed by atoms with Crippen molar-refractivity contribution in [3.8, 4) is 0 Å². The van der Waals surface area contributed by atoms with Crippen molar-refractivity contribution < 1.29 is 5.11 Å². The van der Waals surface area contributed by atoms with Crippen LogP contribution in [0.1, 0.15) is 23.6 Å². The van der Waals surface area contributed by atoms with Gasteiger partial charge in [-0.2, -0.15) is 0 Å². The van der Waals surface area contributed by atoms with Crippen LogP contribution in [0, 0.1) is 0 Å². The zero-order valence-electron chi connectivity index (χ0n) is 7.33. The van der Waals surface area contributed by atoms with Crippen molar-refractivity contribution in [2.75, 3.05) is 7.11 Å². The Morgan fingerprint density at radius 3 is 2.67 bits per heavy atom. The fourth-order valence-electron chi connectivity index (χ4n) is 1.59. The smallest absolute Gasteiger partial charge is 0.0319 e. The van der Waals surface area contributed by atoms with Gasteiger partial charge in [-0.15, -0.1) is 0 Å². The molecule has 0 radical (unpaired) electrons. The predicted octanol–water partition coefficient (Wildman–Crippen LogP) is 1.24. The van der Waals surface area contributed by atoms with E-state index >= 15 is 0 Å². The quantitative estimate of drug-likeness (QED) is 0.607. The van der Waals surface area contributed by atoms with Gasteiger partial charge in [-0.25, -0.2) is 0 Å². The van der Waals surface area contributed by atoms with Crippen molar-refractivity contribution >= 4 is 0 Å². The molecule has 0 fully saturated rings. The van der Waals surface area contributed by atoms with E-state index < -0.39 is 0 Å². The Morgan fingerprint density at radius 2 is 2.00 bits per heavy atom. The molecule has 0 spiro atoms. The summed E-state index contributed by atoms with van der Waals surface area (Å²) in [6.45, 7) is 0. The second kappa shape index (κ2) is 4.24. The second-order valence-electron chi connectivity index (χ2n) is 2.84. The largest absolute Gasteiger partial charge is 0.400 e. The molecule has 0 saturated carbocycles. The van der Waals surface area contributed by atoms with Crippen molar-refractivity contribution in [1.82, 2.24) is 0 Å². The van der Waals surface area contributed by atoms with Crippen LogP contribution >= 0.6 is 0 Å². The summed E-state index contributed by atoms with van der Waals surface area (Å²) in [6.07, 6.45) is 2.29. The fraction of sp³-hybridized carbons (Fsp3) is 0.400. The first-order chi connectivity index (χ1) is 5.88. The molecule has 66 valence electrons. The van der Waals surface area contributed by atoms with Crippen molar-refractivity contribution in [3.63, 3.8) is 0 Å². The number of benzene rings is 1. The third-order valence-electron chi connectivity index (χ3n) is 2.18. The molecule has 0 amide bonds. The monoisotopic (exact) mass is 165 g/mol. The molecule has 0 saturated heterocycles. The average molecular weight is 165 g/mol. The normalized spacial score (nSPS) is 19.4. The molecule has 1 aromatic carbocycles. The van der Waals surface area contributed by atoms with E-state index in [4.69, 9.17) is 10.8 Å². The van der Waals surface area contributed by atoms with Crippen molar-refractivity contribution in [2.45, 2.75) is 18.9 Å². The Balaban J connectivity index is 0.000000336. The molecule has 1 aromatic rings. The first-order valence-corrected chi connectivity index (χ1v) is 4.16. The highest BCUT2D eigenvalue weighted by atomic mass is 16.2. The van der Waals surface area contributed by atoms with Crippen LogP contribution in [0.2, 0.25) is 0 Å². The maximum Gasteiger partial charge on any atom is 0.0319 e. The van der Waals surface area contributed by atoms with Crippen LogP contribution in [-0.4, -0.2) is 12.2 Å². The Bertz CT molecular complexity index is 247. The molecule has 2 rings (SSSR count).